The first-order valence-corrected chi connectivity index (χ1v) is 6.49. The van der Waals surface area contributed by atoms with Crippen LogP contribution in [0, 0.1) is 17.0 Å². The van der Waals surface area contributed by atoms with Crippen LogP contribution in [0.1, 0.15) is 18.1 Å². The number of non-ortho nitro benzene ring substituents is 1. The van der Waals surface area contributed by atoms with Crippen molar-refractivity contribution in [2.45, 2.75) is 13.8 Å². The van der Waals surface area contributed by atoms with Crippen LogP contribution in [0.25, 0.3) is 17.0 Å². The van der Waals surface area contributed by atoms with E-state index in [0.29, 0.717) is 5.56 Å². The van der Waals surface area contributed by atoms with E-state index in [4.69, 9.17) is 9.15 Å². The maximum absolute atomic E-state index is 12.3. The number of rotatable bonds is 4. The topological polar surface area (TPSA) is 99.7 Å². The lowest BCUT2D eigenvalue weighted by atomic mass is 10.1. The van der Waals surface area contributed by atoms with Crippen molar-refractivity contribution in [1.82, 2.24) is 0 Å². The van der Waals surface area contributed by atoms with Crippen LogP contribution in [0.15, 0.2) is 33.7 Å². The third kappa shape index (κ3) is 3.03. The Labute approximate surface area is 125 Å². The number of benzene rings is 1. The molecule has 0 bridgehead atoms. The van der Waals surface area contributed by atoms with Crippen LogP contribution < -0.4 is 5.43 Å². The molecule has 0 radical (unpaired) electrons. The van der Waals surface area contributed by atoms with Gasteiger partial charge in [0.15, 0.2) is 5.43 Å². The first-order valence-electron chi connectivity index (χ1n) is 6.49. The van der Waals surface area contributed by atoms with Crippen molar-refractivity contribution in [3.05, 3.63) is 55.9 Å². The molecule has 0 saturated carbocycles. The van der Waals surface area contributed by atoms with Crippen LogP contribution in [-0.2, 0) is 9.53 Å². The summed E-state index contributed by atoms with van der Waals surface area (Å²) in [5.74, 6) is -0.586. The summed E-state index contributed by atoms with van der Waals surface area (Å²) in [6.45, 7) is 3.53. The number of hydrogen-bond acceptors (Lipinski definition) is 6. The molecule has 0 aliphatic rings. The molecular formula is C15H13NO6. The maximum atomic E-state index is 12.3. The van der Waals surface area contributed by atoms with E-state index in [-0.39, 0.29) is 28.8 Å². The standard InChI is InChI=1S/C15H13NO6/c1-3-21-13(17)5-4-10-8-22-15-11(14(10)18)6-9(2)7-12(15)16(19)20/h4-8H,3H2,1-2H3. The summed E-state index contributed by atoms with van der Waals surface area (Å²) in [5.41, 5.74) is -0.131. The fourth-order valence-electron chi connectivity index (χ4n) is 1.98. The lowest BCUT2D eigenvalue weighted by Gasteiger charge is -2.01. The van der Waals surface area contributed by atoms with E-state index >= 15 is 0 Å². The van der Waals surface area contributed by atoms with Crippen LogP contribution in [-0.4, -0.2) is 17.5 Å². The largest absolute Gasteiger partial charge is 0.463 e. The maximum Gasteiger partial charge on any atom is 0.330 e. The van der Waals surface area contributed by atoms with Gasteiger partial charge in [-0.2, -0.15) is 0 Å². The second-order valence-corrected chi connectivity index (χ2v) is 4.52. The Bertz CT molecular complexity index is 834. The van der Waals surface area contributed by atoms with Crippen LogP contribution in [0.2, 0.25) is 0 Å². The predicted molar refractivity (Wildman–Crippen MR) is 79.5 cm³/mol. The van der Waals surface area contributed by atoms with Crippen LogP contribution in [0.4, 0.5) is 5.69 Å². The summed E-state index contributed by atoms with van der Waals surface area (Å²) in [6.07, 6.45) is 3.45. The summed E-state index contributed by atoms with van der Waals surface area (Å²) < 4.78 is 9.93. The van der Waals surface area contributed by atoms with Gasteiger partial charge in [-0.25, -0.2) is 4.79 Å². The predicted octanol–water partition coefficient (Wildman–Crippen LogP) is 2.59. The molecule has 2 rings (SSSR count). The highest BCUT2D eigenvalue weighted by Crippen LogP contribution is 2.25. The van der Waals surface area contributed by atoms with Crippen molar-refractivity contribution < 1.29 is 18.9 Å². The van der Waals surface area contributed by atoms with Crippen LogP contribution >= 0.6 is 0 Å². The highest BCUT2D eigenvalue weighted by atomic mass is 16.6. The number of nitro groups is 1. The Balaban J connectivity index is 2.58. The summed E-state index contributed by atoms with van der Waals surface area (Å²) in [7, 11) is 0. The molecule has 0 fully saturated rings. The molecule has 1 aromatic carbocycles. The molecule has 0 unspecified atom stereocenters. The van der Waals surface area contributed by atoms with Gasteiger partial charge in [0.05, 0.1) is 22.5 Å². The van der Waals surface area contributed by atoms with Gasteiger partial charge in [0.2, 0.25) is 5.58 Å². The van der Waals surface area contributed by atoms with Gasteiger partial charge >= 0.3 is 11.7 Å². The average Bonchev–Trinajstić information content (AvgIpc) is 2.46. The Kier molecular flexibility index (Phi) is 4.36. The molecule has 7 heteroatoms. The van der Waals surface area contributed by atoms with Gasteiger partial charge < -0.3 is 9.15 Å². The van der Waals surface area contributed by atoms with Crippen LogP contribution in [0.5, 0.6) is 0 Å². The van der Waals surface area contributed by atoms with E-state index < -0.39 is 16.3 Å². The van der Waals surface area contributed by atoms with Gasteiger partial charge in [-0.05, 0) is 31.6 Å². The third-order valence-electron chi connectivity index (χ3n) is 2.91. The fraction of sp³-hybridized carbons (Fsp3) is 0.200. The second-order valence-electron chi connectivity index (χ2n) is 4.52. The quantitative estimate of drug-likeness (QED) is 0.372. The number of carbonyl (C=O) groups excluding carboxylic acids is 1. The zero-order valence-corrected chi connectivity index (χ0v) is 12.0. The third-order valence-corrected chi connectivity index (χ3v) is 2.91. The SMILES string of the molecule is CCOC(=O)C=Cc1coc2c([N+](=O)[O-])cc(C)cc2c1=O. The molecule has 114 valence electrons. The molecule has 0 aliphatic heterocycles. The van der Waals surface area contributed by atoms with Crippen molar-refractivity contribution >= 4 is 28.7 Å². The molecule has 0 aliphatic carbocycles. The number of nitrogens with zero attached hydrogens (tertiary/aromatic N) is 1. The summed E-state index contributed by atoms with van der Waals surface area (Å²) in [5, 5.41) is 11.1. The van der Waals surface area contributed by atoms with Gasteiger partial charge in [0.1, 0.15) is 6.26 Å². The molecular weight excluding hydrogens is 290 g/mol. The Morgan fingerprint density at radius 3 is 2.82 bits per heavy atom. The molecule has 0 spiro atoms. The molecule has 1 heterocycles. The highest BCUT2D eigenvalue weighted by molar-refractivity contribution is 5.90. The lowest BCUT2D eigenvalue weighted by Crippen LogP contribution is -2.07. The zero-order valence-electron chi connectivity index (χ0n) is 12.0. The number of aryl methyl sites for hydroxylation is 1. The molecule has 0 amide bonds. The van der Waals surface area contributed by atoms with Crippen LogP contribution in [0.3, 0.4) is 0 Å². The smallest absolute Gasteiger partial charge is 0.330 e. The van der Waals surface area contributed by atoms with E-state index in [1.807, 2.05) is 0 Å². The molecule has 22 heavy (non-hydrogen) atoms. The van der Waals surface area contributed by atoms with E-state index in [1.54, 1.807) is 13.8 Å². The number of esters is 1. The van der Waals surface area contributed by atoms with Crippen molar-refractivity contribution in [1.29, 1.82) is 0 Å². The molecule has 0 N–H and O–H groups in total. The minimum absolute atomic E-state index is 0.0890. The van der Waals surface area contributed by atoms with Gasteiger partial charge in [-0.1, -0.05) is 0 Å². The Morgan fingerprint density at radius 1 is 1.45 bits per heavy atom. The van der Waals surface area contributed by atoms with Gasteiger partial charge in [-0.15, -0.1) is 0 Å². The second kappa shape index (κ2) is 6.21. The minimum atomic E-state index is -0.605. The van der Waals surface area contributed by atoms with Crippen molar-refractivity contribution in [2.24, 2.45) is 0 Å². The van der Waals surface area contributed by atoms with Gasteiger partial charge in [0, 0.05) is 12.1 Å². The first-order chi connectivity index (χ1) is 10.4. The summed E-state index contributed by atoms with van der Waals surface area (Å²) >= 11 is 0. The normalized spacial score (nSPS) is 11.0. The van der Waals surface area contributed by atoms with E-state index in [2.05, 4.69) is 0 Å². The Morgan fingerprint density at radius 2 is 2.18 bits per heavy atom. The van der Waals surface area contributed by atoms with Crippen molar-refractivity contribution in [3.8, 4) is 0 Å². The average molecular weight is 303 g/mol. The Hall–Kier alpha value is -2.96. The molecule has 2 aromatic rings. The fourth-order valence-corrected chi connectivity index (χ4v) is 1.98. The number of nitro benzene ring substituents is 1. The number of carbonyl (C=O) groups is 1. The minimum Gasteiger partial charge on any atom is -0.463 e. The van der Waals surface area contributed by atoms with Gasteiger partial charge in [-0.3, -0.25) is 14.9 Å². The van der Waals surface area contributed by atoms with E-state index in [9.17, 15) is 19.7 Å². The molecule has 7 nitrogen and oxygen atoms in total. The number of hydrogen-bond donors (Lipinski definition) is 0. The van der Waals surface area contributed by atoms with E-state index in [1.165, 1.54) is 18.2 Å². The zero-order chi connectivity index (χ0) is 16.3. The van der Waals surface area contributed by atoms with E-state index in [0.717, 1.165) is 12.3 Å². The lowest BCUT2D eigenvalue weighted by molar-refractivity contribution is -0.383. The summed E-state index contributed by atoms with van der Waals surface area (Å²) in [6, 6.07) is 2.84. The number of ether oxygens (including phenoxy) is 1. The molecule has 0 atom stereocenters. The molecule has 1 aromatic heterocycles. The summed E-state index contributed by atoms with van der Waals surface area (Å²) in [4.78, 5) is 34.0. The van der Waals surface area contributed by atoms with Gasteiger partial charge in [0.25, 0.3) is 0 Å². The highest BCUT2D eigenvalue weighted by Gasteiger charge is 2.18. The number of fused-ring (bicyclic) bond motifs is 1. The van der Waals surface area contributed by atoms with Crippen molar-refractivity contribution in [2.75, 3.05) is 6.61 Å². The molecule has 0 saturated heterocycles. The monoisotopic (exact) mass is 303 g/mol. The first kappa shape index (κ1) is 15.4. The van der Waals surface area contributed by atoms with Crippen molar-refractivity contribution in [3.63, 3.8) is 0 Å².